The number of carbonyl (C=O) groups is 1. The number of fused-ring (bicyclic) bond motifs is 1. The van der Waals surface area contributed by atoms with Crippen LogP contribution in [0.15, 0.2) is 24.3 Å². The van der Waals surface area contributed by atoms with Gasteiger partial charge in [-0.1, -0.05) is 12.1 Å². The van der Waals surface area contributed by atoms with Gasteiger partial charge in [-0.15, -0.1) is 11.3 Å². The van der Waals surface area contributed by atoms with E-state index in [0.717, 1.165) is 15.2 Å². The van der Waals surface area contributed by atoms with Crippen molar-refractivity contribution in [3.63, 3.8) is 0 Å². The maximum absolute atomic E-state index is 12.5. The Kier molecular flexibility index (Phi) is 4.68. The summed E-state index contributed by atoms with van der Waals surface area (Å²) in [4.78, 5) is 18.7. The molecule has 0 spiro atoms. The second kappa shape index (κ2) is 6.57. The minimum atomic E-state index is -2.97. The minimum absolute atomic E-state index is 0.0221. The molecule has 124 valence electrons. The third kappa shape index (κ3) is 3.72. The van der Waals surface area contributed by atoms with Gasteiger partial charge in [0.15, 0.2) is 9.84 Å². The zero-order valence-electron chi connectivity index (χ0n) is 13.1. The fraction of sp³-hybridized carbons (Fsp3) is 0.500. The van der Waals surface area contributed by atoms with E-state index in [2.05, 4.69) is 4.98 Å². The molecule has 5 nitrogen and oxygen atoms in total. The number of hydrogen-bond donors (Lipinski definition) is 0. The summed E-state index contributed by atoms with van der Waals surface area (Å²) in [6.45, 7) is 2.46. The Labute approximate surface area is 140 Å². The van der Waals surface area contributed by atoms with Crippen molar-refractivity contribution in [1.29, 1.82) is 0 Å². The van der Waals surface area contributed by atoms with Crippen LogP contribution >= 0.6 is 11.3 Å². The number of sulfone groups is 1. The number of aromatic nitrogens is 1. The van der Waals surface area contributed by atoms with Gasteiger partial charge in [-0.2, -0.15) is 0 Å². The Bertz CT molecular complexity index is 781. The molecule has 1 fully saturated rings. The van der Waals surface area contributed by atoms with Gasteiger partial charge in [0.2, 0.25) is 5.91 Å². The molecule has 3 rings (SSSR count). The maximum Gasteiger partial charge on any atom is 0.223 e. The van der Waals surface area contributed by atoms with Crippen LogP contribution in [0, 0.1) is 0 Å². The lowest BCUT2D eigenvalue weighted by molar-refractivity contribution is -0.132. The Hall–Kier alpha value is -1.47. The molecule has 1 aliphatic rings. The van der Waals surface area contributed by atoms with Gasteiger partial charge in [0.25, 0.3) is 0 Å². The van der Waals surface area contributed by atoms with Crippen LogP contribution in [-0.2, 0) is 21.1 Å². The molecule has 1 saturated heterocycles. The molecule has 0 saturated carbocycles. The number of para-hydroxylation sites is 1. The summed E-state index contributed by atoms with van der Waals surface area (Å²) >= 11 is 1.61. The van der Waals surface area contributed by atoms with E-state index in [4.69, 9.17) is 0 Å². The van der Waals surface area contributed by atoms with Gasteiger partial charge in [0.1, 0.15) is 0 Å². The quantitative estimate of drug-likeness (QED) is 0.828. The van der Waals surface area contributed by atoms with Crippen LogP contribution in [0.5, 0.6) is 0 Å². The van der Waals surface area contributed by atoms with Crippen molar-refractivity contribution in [2.75, 3.05) is 18.1 Å². The molecule has 1 aromatic heterocycles. The number of rotatable bonds is 5. The summed E-state index contributed by atoms with van der Waals surface area (Å²) in [5, 5.41) is 0.953. The normalized spacial score (nSPS) is 20.0. The third-order valence-corrected chi connectivity index (χ3v) is 7.05. The summed E-state index contributed by atoms with van der Waals surface area (Å²) in [6, 6.07) is 7.78. The number of aryl methyl sites for hydroxylation is 1. The standard InChI is InChI=1S/C16H20N2O3S2/c1-2-18(12-9-10-23(20,21)11-12)16(19)8-7-15-17-13-5-3-4-6-14(13)22-15/h3-6,12H,2,7-11H2,1H3/t12-/m1/s1. The molecule has 23 heavy (non-hydrogen) atoms. The number of amides is 1. The molecule has 1 atom stereocenters. The Morgan fingerprint density at radius 3 is 2.83 bits per heavy atom. The van der Waals surface area contributed by atoms with Crippen LogP contribution < -0.4 is 0 Å². The predicted molar refractivity (Wildman–Crippen MR) is 92.4 cm³/mol. The first kappa shape index (κ1) is 16.4. The van der Waals surface area contributed by atoms with Gasteiger partial charge in [0.05, 0.1) is 26.7 Å². The average Bonchev–Trinajstić information content (AvgIpc) is 3.08. The first-order chi connectivity index (χ1) is 11.0. The summed E-state index contributed by atoms with van der Waals surface area (Å²) in [5.41, 5.74) is 0.967. The van der Waals surface area contributed by atoms with Gasteiger partial charge in [-0.3, -0.25) is 4.79 Å². The first-order valence-electron chi connectivity index (χ1n) is 7.83. The van der Waals surface area contributed by atoms with Gasteiger partial charge >= 0.3 is 0 Å². The average molecular weight is 352 g/mol. The zero-order chi connectivity index (χ0) is 16.4. The lowest BCUT2D eigenvalue weighted by atomic mass is 10.2. The number of hydrogen-bond acceptors (Lipinski definition) is 5. The molecule has 0 N–H and O–H groups in total. The molecule has 7 heteroatoms. The number of nitrogens with zero attached hydrogens (tertiary/aromatic N) is 2. The van der Waals surface area contributed by atoms with E-state index >= 15 is 0 Å². The lowest BCUT2D eigenvalue weighted by Gasteiger charge is -2.26. The molecular formula is C16H20N2O3S2. The molecule has 2 aromatic rings. The zero-order valence-corrected chi connectivity index (χ0v) is 14.7. The fourth-order valence-electron chi connectivity index (χ4n) is 3.04. The van der Waals surface area contributed by atoms with E-state index in [9.17, 15) is 13.2 Å². The Morgan fingerprint density at radius 1 is 1.39 bits per heavy atom. The van der Waals surface area contributed by atoms with Crippen LogP contribution in [0.3, 0.4) is 0 Å². The summed E-state index contributed by atoms with van der Waals surface area (Å²) in [7, 11) is -2.97. The maximum atomic E-state index is 12.5. The topological polar surface area (TPSA) is 67.3 Å². The molecule has 1 aromatic carbocycles. The number of benzene rings is 1. The third-order valence-electron chi connectivity index (χ3n) is 4.20. The van der Waals surface area contributed by atoms with E-state index in [1.54, 1.807) is 16.2 Å². The summed E-state index contributed by atoms with van der Waals surface area (Å²) in [6.07, 6.45) is 1.54. The minimum Gasteiger partial charge on any atom is -0.339 e. The second-order valence-corrected chi connectivity index (χ2v) is 9.16. The van der Waals surface area contributed by atoms with Crippen molar-refractivity contribution < 1.29 is 13.2 Å². The SMILES string of the molecule is CCN(C(=O)CCc1nc2ccccc2s1)[C@@H]1CCS(=O)(=O)C1. The monoisotopic (exact) mass is 352 g/mol. The predicted octanol–water partition coefficient (Wildman–Crippen LogP) is 2.26. The largest absolute Gasteiger partial charge is 0.339 e. The van der Waals surface area contributed by atoms with E-state index in [-0.39, 0.29) is 23.5 Å². The number of carbonyl (C=O) groups excluding carboxylic acids is 1. The van der Waals surface area contributed by atoms with Gasteiger partial charge < -0.3 is 4.90 Å². The van der Waals surface area contributed by atoms with Crippen LogP contribution in [0.1, 0.15) is 24.8 Å². The molecule has 1 amide bonds. The van der Waals surface area contributed by atoms with E-state index < -0.39 is 9.84 Å². The van der Waals surface area contributed by atoms with Crippen molar-refractivity contribution in [2.45, 2.75) is 32.2 Å². The highest BCUT2D eigenvalue weighted by atomic mass is 32.2. The first-order valence-corrected chi connectivity index (χ1v) is 10.5. The Balaban J connectivity index is 1.63. The molecule has 0 bridgehead atoms. The molecular weight excluding hydrogens is 332 g/mol. The molecule has 0 unspecified atom stereocenters. The van der Waals surface area contributed by atoms with E-state index in [0.29, 0.717) is 25.8 Å². The summed E-state index contributed by atoms with van der Waals surface area (Å²) in [5.74, 6) is 0.321. The number of thiazole rings is 1. The van der Waals surface area contributed by atoms with Gasteiger partial charge in [-0.05, 0) is 25.5 Å². The van der Waals surface area contributed by atoms with E-state index in [1.807, 2.05) is 31.2 Å². The Morgan fingerprint density at radius 2 is 2.17 bits per heavy atom. The second-order valence-electron chi connectivity index (χ2n) is 5.81. The molecule has 0 radical (unpaired) electrons. The van der Waals surface area contributed by atoms with Crippen LogP contribution in [0.2, 0.25) is 0 Å². The van der Waals surface area contributed by atoms with Gasteiger partial charge in [-0.25, -0.2) is 13.4 Å². The van der Waals surface area contributed by atoms with Crippen LogP contribution in [0.4, 0.5) is 0 Å². The van der Waals surface area contributed by atoms with Crippen molar-refractivity contribution in [3.05, 3.63) is 29.3 Å². The van der Waals surface area contributed by atoms with Crippen molar-refractivity contribution in [3.8, 4) is 0 Å². The summed E-state index contributed by atoms with van der Waals surface area (Å²) < 4.78 is 24.4. The highest BCUT2D eigenvalue weighted by molar-refractivity contribution is 7.91. The van der Waals surface area contributed by atoms with E-state index in [1.165, 1.54) is 0 Å². The molecule has 2 heterocycles. The smallest absolute Gasteiger partial charge is 0.223 e. The van der Waals surface area contributed by atoms with Crippen molar-refractivity contribution in [2.24, 2.45) is 0 Å². The van der Waals surface area contributed by atoms with Crippen LogP contribution in [0.25, 0.3) is 10.2 Å². The van der Waals surface area contributed by atoms with Gasteiger partial charge in [0, 0.05) is 25.4 Å². The lowest BCUT2D eigenvalue weighted by Crippen LogP contribution is -2.41. The van der Waals surface area contributed by atoms with Crippen molar-refractivity contribution >= 4 is 37.3 Å². The highest BCUT2D eigenvalue weighted by Crippen LogP contribution is 2.23. The molecule has 0 aliphatic carbocycles. The van der Waals surface area contributed by atoms with Crippen molar-refractivity contribution in [1.82, 2.24) is 9.88 Å². The fourth-order valence-corrected chi connectivity index (χ4v) is 5.74. The molecule has 1 aliphatic heterocycles. The van der Waals surface area contributed by atoms with Crippen LogP contribution in [-0.4, -0.2) is 48.3 Å². The highest BCUT2D eigenvalue weighted by Gasteiger charge is 2.33.